The topological polar surface area (TPSA) is 158 Å². The Morgan fingerprint density at radius 1 is 1.12 bits per heavy atom. The van der Waals surface area contributed by atoms with Gasteiger partial charge in [-0.15, -0.1) is 0 Å². The fraction of sp³-hybridized carbons (Fsp3) is 0.658. The Hall–Kier alpha value is -3.74. The fourth-order valence-electron chi connectivity index (χ4n) is 7.87. The van der Waals surface area contributed by atoms with Gasteiger partial charge in [0.15, 0.2) is 5.78 Å². The average Bonchev–Trinajstić information content (AvgIpc) is 4.00. The molecule has 0 unspecified atom stereocenters. The minimum absolute atomic E-state index is 0.0677. The second-order valence-corrected chi connectivity index (χ2v) is 17.9. The lowest BCUT2D eigenvalue weighted by Gasteiger charge is -2.34. The number of ether oxygens (including phenoxy) is 3. The number of ketones is 1. The van der Waals surface area contributed by atoms with Gasteiger partial charge in [-0.25, -0.2) is 13.4 Å². The molecule has 0 spiro atoms. The van der Waals surface area contributed by atoms with Crippen LogP contribution in [-0.4, -0.2) is 79.5 Å². The first kappa shape index (κ1) is 37.0. The number of rotatable bonds is 8. The van der Waals surface area contributed by atoms with Gasteiger partial charge in [-0.05, 0) is 80.0 Å². The normalized spacial score (nSPS) is 27.7. The van der Waals surface area contributed by atoms with Crippen LogP contribution in [0, 0.1) is 22.7 Å². The summed E-state index contributed by atoms with van der Waals surface area (Å²) in [6.07, 6.45) is 6.02. The number of aromatic nitrogens is 1. The van der Waals surface area contributed by atoms with E-state index in [1.165, 1.54) is 4.90 Å². The molecular formula is C38H51N3O9S. The Bertz CT molecular complexity index is 1800. The van der Waals surface area contributed by atoms with E-state index < -0.39 is 56.0 Å². The van der Waals surface area contributed by atoms with Gasteiger partial charge in [-0.2, -0.15) is 0 Å². The van der Waals surface area contributed by atoms with Crippen molar-refractivity contribution < 1.29 is 41.8 Å². The predicted octanol–water partition coefficient (Wildman–Crippen LogP) is 4.90. The van der Waals surface area contributed by atoms with Gasteiger partial charge in [0.1, 0.15) is 11.9 Å². The van der Waals surface area contributed by atoms with Crippen LogP contribution >= 0.6 is 0 Å². The molecule has 2 saturated carbocycles. The van der Waals surface area contributed by atoms with Crippen LogP contribution in [0.15, 0.2) is 24.4 Å². The molecule has 2 aromatic rings. The van der Waals surface area contributed by atoms with Crippen molar-refractivity contribution in [1.82, 2.24) is 14.6 Å². The van der Waals surface area contributed by atoms with E-state index in [-0.39, 0.29) is 50.0 Å². The number of nitrogens with zero attached hydrogens (tertiary/aromatic N) is 2. The maximum atomic E-state index is 14.5. The molecule has 51 heavy (non-hydrogen) atoms. The summed E-state index contributed by atoms with van der Waals surface area (Å²) < 4.78 is 45.6. The summed E-state index contributed by atoms with van der Waals surface area (Å²) in [7, 11) is -2.19. The fourth-order valence-corrected chi connectivity index (χ4v) is 9.26. The van der Waals surface area contributed by atoms with Gasteiger partial charge in [-0.3, -0.25) is 23.9 Å². The maximum Gasteiger partial charge on any atom is 0.306 e. The molecule has 1 aromatic carbocycles. The van der Waals surface area contributed by atoms with E-state index in [0.29, 0.717) is 43.7 Å². The zero-order chi connectivity index (χ0) is 36.7. The summed E-state index contributed by atoms with van der Waals surface area (Å²) in [5.41, 5.74) is -0.761. The molecule has 1 N–H and O–H groups in total. The number of amides is 2. The van der Waals surface area contributed by atoms with Crippen molar-refractivity contribution in [1.29, 1.82) is 0 Å². The standard InChI is InChI=1S/C38H51N3O9S/c1-6-24-20-38(24,36(45)40-51(46,47)26-11-12-26)21-31(42)30-18-25-22-41(30)35(44)29(37(2,3)4)19-33(43)49-15-9-7-8-10-23-16-28-27(32(17-23)48-5)13-14-39-34(28)50-25/h13-14,16-17,24-26,29-30H,6-12,15,18-22H2,1-5H3,(H,40,45)/t24-,25-,29-,30+,38-/m1/s1. The third-order valence-corrected chi connectivity index (χ3v) is 13.1. The summed E-state index contributed by atoms with van der Waals surface area (Å²) in [4.78, 5) is 61.7. The smallest absolute Gasteiger partial charge is 0.306 e. The number of carbonyl (C=O) groups is 4. The molecule has 2 aliphatic heterocycles. The lowest BCUT2D eigenvalue weighted by molar-refractivity contribution is -0.153. The molecule has 6 rings (SSSR count). The molecule has 3 heterocycles. The maximum absolute atomic E-state index is 14.5. The second kappa shape index (κ2) is 14.4. The highest BCUT2D eigenvalue weighted by Gasteiger charge is 2.62. The van der Waals surface area contributed by atoms with Crippen molar-refractivity contribution in [2.24, 2.45) is 22.7 Å². The highest BCUT2D eigenvalue weighted by atomic mass is 32.2. The Kier molecular flexibility index (Phi) is 10.4. The number of hydrogen-bond donors (Lipinski definition) is 1. The number of hydrogen-bond acceptors (Lipinski definition) is 10. The van der Waals surface area contributed by atoms with E-state index in [1.807, 2.05) is 45.9 Å². The molecular weight excluding hydrogens is 674 g/mol. The van der Waals surface area contributed by atoms with Gasteiger partial charge in [0.2, 0.25) is 27.7 Å². The molecule has 4 aliphatic rings. The first-order chi connectivity index (χ1) is 24.2. The number of fused-ring (bicyclic) bond motifs is 3. The van der Waals surface area contributed by atoms with E-state index in [4.69, 9.17) is 14.2 Å². The number of nitrogens with one attached hydrogen (secondary N) is 1. The van der Waals surface area contributed by atoms with Crippen LogP contribution < -0.4 is 14.2 Å². The van der Waals surface area contributed by atoms with Crippen LogP contribution in [0.4, 0.5) is 0 Å². The van der Waals surface area contributed by atoms with Crippen molar-refractivity contribution in [3.63, 3.8) is 0 Å². The molecule has 3 fully saturated rings. The van der Waals surface area contributed by atoms with E-state index in [9.17, 15) is 27.6 Å². The molecule has 278 valence electrons. The molecule has 12 nitrogen and oxygen atoms in total. The van der Waals surface area contributed by atoms with Crippen LogP contribution in [0.2, 0.25) is 0 Å². The summed E-state index contributed by atoms with van der Waals surface area (Å²) in [6, 6.07) is 4.96. The first-order valence-corrected chi connectivity index (χ1v) is 19.9. The number of esters is 1. The molecule has 0 radical (unpaired) electrons. The SMILES string of the molecule is CC[C@@H]1C[C@]1(CC(=O)[C@@H]1C[C@@H]2CN1C(=O)[C@H](C(C)(C)C)CC(=O)OCCCCCc1cc(OC)c3ccnc(c3c1)O2)C(=O)NS(=O)(=O)C1CC1. The van der Waals surface area contributed by atoms with Gasteiger partial charge in [-0.1, -0.05) is 34.1 Å². The highest BCUT2D eigenvalue weighted by molar-refractivity contribution is 7.90. The lowest BCUT2D eigenvalue weighted by atomic mass is 9.77. The van der Waals surface area contributed by atoms with Crippen molar-refractivity contribution in [3.05, 3.63) is 30.0 Å². The zero-order valence-electron chi connectivity index (χ0n) is 30.4. The lowest BCUT2D eigenvalue weighted by Crippen LogP contribution is -2.48. The van der Waals surface area contributed by atoms with Gasteiger partial charge in [0.25, 0.3) is 0 Å². The van der Waals surface area contributed by atoms with Crippen LogP contribution in [0.25, 0.3) is 10.8 Å². The van der Waals surface area contributed by atoms with E-state index >= 15 is 0 Å². The number of sulfonamides is 1. The minimum atomic E-state index is -3.81. The number of Topliss-reactive ketones (excluding diaryl/α,β-unsaturated/α-hetero) is 1. The van der Waals surface area contributed by atoms with E-state index in [2.05, 4.69) is 9.71 Å². The summed E-state index contributed by atoms with van der Waals surface area (Å²) in [5, 5.41) is 1.01. The van der Waals surface area contributed by atoms with Gasteiger partial charge in [0.05, 0.1) is 49.3 Å². The average molecular weight is 726 g/mol. The third kappa shape index (κ3) is 7.88. The van der Waals surface area contributed by atoms with Crippen molar-refractivity contribution in [2.45, 2.75) is 116 Å². The molecule has 4 bridgehead atoms. The zero-order valence-corrected chi connectivity index (χ0v) is 31.2. The summed E-state index contributed by atoms with van der Waals surface area (Å²) >= 11 is 0. The number of cyclic esters (lactones) is 1. The summed E-state index contributed by atoms with van der Waals surface area (Å²) in [5.74, 6) is -1.70. The quantitative estimate of drug-likeness (QED) is 0.371. The van der Waals surface area contributed by atoms with Gasteiger partial charge >= 0.3 is 5.97 Å². The largest absolute Gasteiger partial charge is 0.496 e. The second-order valence-electron chi connectivity index (χ2n) is 15.9. The van der Waals surface area contributed by atoms with Crippen LogP contribution in [0.5, 0.6) is 11.6 Å². The van der Waals surface area contributed by atoms with Gasteiger partial charge < -0.3 is 19.1 Å². The highest BCUT2D eigenvalue weighted by Crippen LogP contribution is 2.58. The number of methoxy groups -OCH3 is 1. The molecule has 1 saturated heterocycles. The summed E-state index contributed by atoms with van der Waals surface area (Å²) in [6.45, 7) is 7.89. The Labute approximate surface area is 300 Å². The third-order valence-electron chi connectivity index (χ3n) is 11.2. The van der Waals surface area contributed by atoms with Crippen LogP contribution in [0.3, 0.4) is 0 Å². The Morgan fingerprint density at radius 3 is 2.55 bits per heavy atom. The number of carbonyl (C=O) groups excluding carboxylic acids is 4. The van der Waals surface area contributed by atoms with Crippen LogP contribution in [0.1, 0.15) is 97.5 Å². The van der Waals surface area contributed by atoms with E-state index in [0.717, 1.165) is 35.6 Å². The number of benzene rings is 1. The first-order valence-electron chi connectivity index (χ1n) is 18.3. The molecule has 2 amide bonds. The number of pyridine rings is 1. The molecule has 1 aromatic heterocycles. The monoisotopic (exact) mass is 725 g/mol. The minimum Gasteiger partial charge on any atom is -0.496 e. The Morgan fingerprint density at radius 2 is 1.88 bits per heavy atom. The van der Waals surface area contributed by atoms with Gasteiger partial charge in [0, 0.05) is 29.8 Å². The Balaban J connectivity index is 1.34. The molecule has 5 atom stereocenters. The van der Waals surface area contributed by atoms with Crippen LogP contribution in [-0.2, 0) is 40.4 Å². The predicted molar refractivity (Wildman–Crippen MR) is 189 cm³/mol. The van der Waals surface area contributed by atoms with E-state index in [1.54, 1.807) is 13.3 Å². The number of aryl methyl sites for hydroxylation is 1. The van der Waals surface area contributed by atoms with Crippen molar-refractivity contribution in [2.75, 3.05) is 20.3 Å². The molecule has 13 heteroatoms. The molecule has 2 aliphatic carbocycles. The van der Waals surface area contributed by atoms with Crippen molar-refractivity contribution >= 4 is 44.4 Å². The van der Waals surface area contributed by atoms with Crippen molar-refractivity contribution in [3.8, 4) is 11.6 Å².